The molecule has 2 fully saturated rings. The van der Waals surface area contributed by atoms with Crippen LogP contribution in [0.4, 0.5) is 0 Å². The molecule has 0 bridgehead atoms. The lowest BCUT2D eigenvalue weighted by atomic mass is 9.92. The molecule has 0 aromatic rings. The van der Waals surface area contributed by atoms with Gasteiger partial charge in [0, 0.05) is 45.2 Å². The maximum atomic E-state index is 12.0. The van der Waals surface area contributed by atoms with Crippen molar-refractivity contribution < 1.29 is 4.79 Å². The molecule has 2 rings (SSSR count). The average molecular weight is 464 g/mol. The van der Waals surface area contributed by atoms with Crippen molar-refractivity contribution in [2.24, 2.45) is 16.8 Å². The maximum Gasteiger partial charge on any atom is 0.222 e. The van der Waals surface area contributed by atoms with Crippen molar-refractivity contribution >= 4 is 35.8 Å². The maximum absolute atomic E-state index is 12.0. The van der Waals surface area contributed by atoms with E-state index in [2.05, 4.69) is 42.8 Å². The molecular formula is C19H37IN4O. The largest absolute Gasteiger partial charge is 0.357 e. The minimum absolute atomic E-state index is 0. The van der Waals surface area contributed by atoms with Gasteiger partial charge in [0.05, 0.1) is 0 Å². The second-order valence-corrected chi connectivity index (χ2v) is 7.63. The Balaban J connectivity index is 0.00000312. The molecule has 1 N–H and O–H groups in total. The Kier molecular flexibility index (Phi) is 10.1. The molecule has 0 aromatic heterocycles. The Morgan fingerprint density at radius 2 is 1.96 bits per heavy atom. The zero-order chi connectivity index (χ0) is 17.5. The third-order valence-electron chi connectivity index (χ3n) is 5.25. The first-order valence-electron chi connectivity index (χ1n) is 9.87. The van der Waals surface area contributed by atoms with Crippen molar-refractivity contribution in [1.29, 1.82) is 0 Å². The SMILES string of the molecule is CCNC(=NCCC(CC)N1CCCC1=O)N1CC(C)CC(C)C1.I. The normalized spacial score (nSPS) is 25.8. The Bertz CT molecular complexity index is 433. The summed E-state index contributed by atoms with van der Waals surface area (Å²) in [7, 11) is 0. The van der Waals surface area contributed by atoms with Crippen LogP contribution in [0.2, 0.25) is 0 Å². The van der Waals surface area contributed by atoms with E-state index in [1.807, 2.05) is 0 Å². The molecule has 2 aliphatic rings. The molecule has 0 radical (unpaired) electrons. The van der Waals surface area contributed by atoms with Gasteiger partial charge in [0.15, 0.2) is 5.96 Å². The number of hydrogen-bond donors (Lipinski definition) is 1. The zero-order valence-electron chi connectivity index (χ0n) is 16.5. The molecule has 0 aliphatic carbocycles. The van der Waals surface area contributed by atoms with E-state index >= 15 is 0 Å². The molecule has 0 spiro atoms. The molecule has 3 atom stereocenters. The summed E-state index contributed by atoms with van der Waals surface area (Å²) in [5.74, 6) is 2.83. The first kappa shape index (κ1) is 22.5. The van der Waals surface area contributed by atoms with Gasteiger partial charge in [0.1, 0.15) is 0 Å². The van der Waals surface area contributed by atoms with Crippen LogP contribution in [-0.2, 0) is 4.79 Å². The molecule has 0 saturated carbocycles. The van der Waals surface area contributed by atoms with Gasteiger partial charge in [-0.05, 0) is 44.4 Å². The third kappa shape index (κ3) is 6.61. The van der Waals surface area contributed by atoms with Crippen molar-refractivity contribution in [2.45, 2.75) is 65.8 Å². The predicted molar refractivity (Wildman–Crippen MR) is 116 cm³/mol. The molecule has 25 heavy (non-hydrogen) atoms. The molecule has 2 aliphatic heterocycles. The van der Waals surface area contributed by atoms with Crippen LogP contribution < -0.4 is 5.32 Å². The molecule has 2 heterocycles. The second-order valence-electron chi connectivity index (χ2n) is 7.63. The van der Waals surface area contributed by atoms with Gasteiger partial charge in [-0.15, -0.1) is 24.0 Å². The second kappa shape index (κ2) is 11.2. The summed E-state index contributed by atoms with van der Waals surface area (Å²) in [5.41, 5.74) is 0. The number of nitrogens with zero attached hydrogens (tertiary/aromatic N) is 3. The molecule has 1 amide bonds. The summed E-state index contributed by atoms with van der Waals surface area (Å²) in [4.78, 5) is 21.3. The molecule has 0 aromatic carbocycles. The van der Waals surface area contributed by atoms with Gasteiger partial charge < -0.3 is 15.1 Å². The highest BCUT2D eigenvalue weighted by molar-refractivity contribution is 14.0. The zero-order valence-corrected chi connectivity index (χ0v) is 18.8. The summed E-state index contributed by atoms with van der Waals surface area (Å²) >= 11 is 0. The van der Waals surface area contributed by atoms with Gasteiger partial charge in [-0.2, -0.15) is 0 Å². The van der Waals surface area contributed by atoms with Gasteiger partial charge in [0.25, 0.3) is 0 Å². The number of carbonyl (C=O) groups excluding carboxylic acids is 1. The smallest absolute Gasteiger partial charge is 0.222 e. The highest BCUT2D eigenvalue weighted by Crippen LogP contribution is 2.21. The number of guanidine groups is 1. The molecule has 6 heteroatoms. The molecule has 2 saturated heterocycles. The number of piperidine rings is 1. The molecular weight excluding hydrogens is 427 g/mol. The van der Waals surface area contributed by atoms with Gasteiger partial charge in [-0.1, -0.05) is 20.8 Å². The lowest BCUT2D eigenvalue weighted by molar-refractivity contribution is -0.129. The van der Waals surface area contributed by atoms with Crippen molar-refractivity contribution in [3.8, 4) is 0 Å². The van der Waals surface area contributed by atoms with Crippen molar-refractivity contribution in [1.82, 2.24) is 15.1 Å². The van der Waals surface area contributed by atoms with Gasteiger partial charge >= 0.3 is 0 Å². The summed E-state index contributed by atoms with van der Waals surface area (Å²) < 4.78 is 0. The van der Waals surface area contributed by atoms with Crippen LogP contribution in [0.25, 0.3) is 0 Å². The fourth-order valence-electron chi connectivity index (χ4n) is 4.22. The topological polar surface area (TPSA) is 47.9 Å². The van der Waals surface area contributed by atoms with Crippen LogP contribution >= 0.6 is 24.0 Å². The number of rotatable bonds is 6. The highest BCUT2D eigenvalue weighted by Gasteiger charge is 2.27. The fraction of sp³-hybridized carbons (Fsp3) is 0.895. The number of carbonyl (C=O) groups is 1. The summed E-state index contributed by atoms with van der Waals surface area (Å²) in [6.45, 7) is 13.8. The van der Waals surface area contributed by atoms with E-state index in [4.69, 9.17) is 4.99 Å². The van der Waals surface area contributed by atoms with E-state index in [0.29, 0.717) is 11.9 Å². The summed E-state index contributed by atoms with van der Waals surface area (Å²) in [5, 5.41) is 3.46. The Morgan fingerprint density at radius 1 is 1.28 bits per heavy atom. The van der Waals surface area contributed by atoms with E-state index in [1.165, 1.54) is 6.42 Å². The average Bonchev–Trinajstić information content (AvgIpc) is 2.95. The Hall–Kier alpha value is -0.530. The monoisotopic (exact) mass is 464 g/mol. The number of hydrogen-bond acceptors (Lipinski definition) is 2. The Labute approximate surface area is 171 Å². The number of halogens is 1. The summed E-state index contributed by atoms with van der Waals surface area (Å²) in [6.07, 6.45) is 5.05. The standard InChI is InChI=1S/C19H36N4O.HI/c1-5-17(23-11-7-8-18(23)24)9-10-21-19(20-6-2)22-13-15(3)12-16(4)14-22;/h15-17H,5-14H2,1-4H3,(H,20,21);1H. The van der Waals surface area contributed by atoms with Crippen molar-refractivity contribution in [2.75, 3.05) is 32.7 Å². The minimum Gasteiger partial charge on any atom is -0.357 e. The van der Waals surface area contributed by atoms with Crippen LogP contribution in [0.3, 0.4) is 0 Å². The van der Waals surface area contributed by atoms with E-state index in [1.54, 1.807) is 0 Å². The number of likely N-dealkylation sites (tertiary alicyclic amines) is 2. The number of aliphatic imine (C=N–C) groups is 1. The van der Waals surface area contributed by atoms with Crippen LogP contribution in [0.1, 0.15) is 59.8 Å². The predicted octanol–water partition coefficient (Wildman–Crippen LogP) is 3.34. The third-order valence-corrected chi connectivity index (χ3v) is 5.25. The lowest BCUT2D eigenvalue weighted by Crippen LogP contribution is -2.48. The van der Waals surface area contributed by atoms with Gasteiger partial charge in [-0.3, -0.25) is 9.79 Å². The number of nitrogens with one attached hydrogen (secondary N) is 1. The molecule has 146 valence electrons. The lowest BCUT2D eigenvalue weighted by Gasteiger charge is -2.37. The van der Waals surface area contributed by atoms with Gasteiger partial charge in [0.2, 0.25) is 5.91 Å². The van der Waals surface area contributed by atoms with Gasteiger partial charge in [-0.25, -0.2) is 0 Å². The van der Waals surface area contributed by atoms with Crippen LogP contribution in [0.5, 0.6) is 0 Å². The molecule has 5 nitrogen and oxygen atoms in total. The van der Waals surface area contributed by atoms with E-state index in [-0.39, 0.29) is 24.0 Å². The Morgan fingerprint density at radius 3 is 2.48 bits per heavy atom. The van der Waals surface area contributed by atoms with Crippen molar-refractivity contribution in [3.63, 3.8) is 0 Å². The van der Waals surface area contributed by atoms with Crippen LogP contribution in [0, 0.1) is 11.8 Å². The van der Waals surface area contributed by atoms with Crippen molar-refractivity contribution in [3.05, 3.63) is 0 Å². The molecule has 3 unspecified atom stereocenters. The van der Waals surface area contributed by atoms with E-state index < -0.39 is 0 Å². The van der Waals surface area contributed by atoms with E-state index in [0.717, 1.165) is 76.2 Å². The first-order valence-corrected chi connectivity index (χ1v) is 9.87. The summed E-state index contributed by atoms with van der Waals surface area (Å²) in [6, 6.07) is 0.353. The van der Waals surface area contributed by atoms with E-state index in [9.17, 15) is 4.79 Å². The van der Waals surface area contributed by atoms with Crippen LogP contribution in [-0.4, -0.2) is 60.4 Å². The minimum atomic E-state index is 0. The fourth-order valence-corrected chi connectivity index (χ4v) is 4.22. The first-order chi connectivity index (χ1) is 11.5. The van der Waals surface area contributed by atoms with Crippen LogP contribution in [0.15, 0.2) is 4.99 Å². The highest BCUT2D eigenvalue weighted by atomic mass is 127. The number of amides is 1. The quantitative estimate of drug-likeness (QED) is 0.373.